The Balaban J connectivity index is 1.79. The molecule has 1 aromatic carbocycles. The van der Waals surface area contributed by atoms with E-state index in [1.54, 1.807) is 0 Å². The van der Waals surface area contributed by atoms with Gasteiger partial charge in [0.05, 0.1) is 9.80 Å². The molecule has 0 saturated carbocycles. The largest absolute Gasteiger partial charge is 0.403 e. The zero-order valence-corrected chi connectivity index (χ0v) is 13.6. The number of aromatic nitrogens is 2. The Morgan fingerprint density at radius 3 is 2.75 bits per heavy atom. The number of nitrogens with one attached hydrogen (secondary N) is 1. The van der Waals surface area contributed by atoms with E-state index in [0.717, 1.165) is 28.0 Å². The van der Waals surface area contributed by atoms with Crippen molar-refractivity contribution in [2.24, 2.45) is 0 Å². The smallest absolute Gasteiger partial charge is 0.324 e. The average molecular weight is 344 g/mol. The van der Waals surface area contributed by atoms with Crippen LogP contribution in [0.4, 0.5) is 11.0 Å². The van der Waals surface area contributed by atoms with E-state index in [9.17, 15) is 14.9 Å². The van der Waals surface area contributed by atoms with E-state index in [2.05, 4.69) is 15.5 Å². The SMILES string of the molecule is Cc1ccc(C)c(-c2nnc(NC(=O)c3ccc([N+](=O)[O-])s3)o2)c1. The molecule has 0 saturated heterocycles. The van der Waals surface area contributed by atoms with Crippen LogP contribution in [0.2, 0.25) is 0 Å². The van der Waals surface area contributed by atoms with Crippen molar-refractivity contribution in [3.8, 4) is 11.5 Å². The fourth-order valence-corrected chi connectivity index (χ4v) is 2.77. The topological polar surface area (TPSA) is 111 Å². The second-order valence-corrected chi connectivity index (χ2v) is 6.14. The van der Waals surface area contributed by atoms with Crippen LogP contribution in [0.1, 0.15) is 20.8 Å². The van der Waals surface area contributed by atoms with Gasteiger partial charge in [-0.1, -0.05) is 34.1 Å². The summed E-state index contributed by atoms with van der Waals surface area (Å²) >= 11 is 0.775. The van der Waals surface area contributed by atoms with Gasteiger partial charge >= 0.3 is 11.0 Å². The van der Waals surface area contributed by atoms with Crippen molar-refractivity contribution in [2.45, 2.75) is 13.8 Å². The zero-order chi connectivity index (χ0) is 17.3. The predicted molar refractivity (Wildman–Crippen MR) is 88.1 cm³/mol. The van der Waals surface area contributed by atoms with Crippen LogP contribution in [0.5, 0.6) is 0 Å². The number of carbonyl (C=O) groups is 1. The number of nitrogens with zero attached hydrogens (tertiary/aromatic N) is 3. The Hall–Kier alpha value is -3.07. The van der Waals surface area contributed by atoms with Crippen molar-refractivity contribution < 1.29 is 14.1 Å². The summed E-state index contributed by atoms with van der Waals surface area (Å²) in [4.78, 5) is 22.4. The Bertz CT molecular complexity index is 931. The van der Waals surface area contributed by atoms with Gasteiger partial charge in [0.25, 0.3) is 5.91 Å². The zero-order valence-electron chi connectivity index (χ0n) is 12.8. The van der Waals surface area contributed by atoms with E-state index >= 15 is 0 Å². The summed E-state index contributed by atoms with van der Waals surface area (Å²) in [5, 5.41) is 20.7. The van der Waals surface area contributed by atoms with Gasteiger partial charge in [-0.25, -0.2) is 0 Å². The molecule has 3 aromatic rings. The van der Waals surface area contributed by atoms with Gasteiger partial charge < -0.3 is 4.42 Å². The molecule has 9 heteroatoms. The van der Waals surface area contributed by atoms with Crippen molar-refractivity contribution in [1.82, 2.24) is 10.2 Å². The lowest BCUT2D eigenvalue weighted by atomic mass is 10.1. The van der Waals surface area contributed by atoms with E-state index < -0.39 is 10.8 Å². The number of rotatable bonds is 4. The highest BCUT2D eigenvalue weighted by Gasteiger charge is 2.18. The van der Waals surface area contributed by atoms with Crippen molar-refractivity contribution in [1.29, 1.82) is 0 Å². The van der Waals surface area contributed by atoms with Crippen LogP contribution in [0.25, 0.3) is 11.5 Å². The van der Waals surface area contributed by atoms with Gasteiger partial charge in [0.1, 0.15) is 0 Å². The Kier molecular flexibility index (Phi) is 4.09. The molecule has 0 bridgehead atoms. The molecule has 0 radical (unpaired) electrons. The standard InChI is InChI=1S/C15H12N4O4S/c1-8-3-4-9(2)10(7-8)14-17-18-15(23-14)16-13(20)11-5-6-12(24-11)19(21)22/h3-7H,1-2H3,(H,16,18,20). The molecule has 0 aliphatic rings. The summed E-state index contributed by atoms with van der Waals surface area (Å²) < 4.78 is 5.47. The lowest BCUT2D eigenvalue weighted by Crippen LogP contribution is -2.10. The summed E-state index contributed by atoms with van der Waals surface area (Å²) in [7, 11) is 0. The van der Waals surface area contributed by atoms with Gasteiger partial charge in [0.2, 0.25) is 5.89 Å². The molecule has 2 aromatic heterocycles. The maximum atomic E-state index is 12.1. The second kappa shape index (κ2) is 6.20. The highest BCUT2D eigenvalue weighted by Crippen LogP contribution is 2.26. The van der Waals surface area contributed by atoms with Gasteiger partial charge in [-0.3, -0.25) is 20.2 Å². The Labute approximate surface area is 140 Å². The molecule has 0 unspecified atom stereocenters. The molecule has 122 valence electrons. The molecule has 3 rings (SSSR count). The summed E-state index contributed by atoms with van der Waals surface area (Å²) in [6.07, 6.45) is 0. The maximum Gasteiger partial charge on any atom is 0.324 e. The number of amides is 1. The van der Waals surface area contributed by atoms with E-state index in [4.69, 9.17) is 4.42 Å². The number of carbonyl (C=O) groups excluding carboxylic acids is 1. The third kappa shape index (κ3) is 3.15. The summed E-state index contributed by atoms with van der Waals surface area (Å²) in [6.45, 7) is 3.87. The Morgan fingerprint density at radius 1 is 1.25 bits per heavy atom. The van der Waals surface area contributed by atoms with E-state index in [0.29, 0.717) is 5.89 Å². The third-order valence-electron chi connectivity index (χ3n) is 3.26. The molecule has 8 nitrogen and oxygen atoms in total. The van der Waals surface area contributed by atoms with Crippen LogP contribution in [-0.4, -0.2) is 21.0 Å². The van der Waals surface area contributed by atoms with Crippen LogP contribution >= 0.6 is 11.3 Å². The summed E-state index contributed by atoms with van der Waals surface area (Å²) in [5.41, 5.74) is 2.80. The normalized spacial score (nSPS) is 10.6. The van der Waals surface area contributed by atoms with Crippen molar-refractivity contribution in [3.63, 3.8) is 0 Å². The summed E-state index contributed by atoms with van der Waals surface area (Å²) in [6, 6.07) is 8.41. The van der Waals surface area contributed by atoms with Crippen molar-refractivity contribution in [3.05, 3.63) is 56.5 Å². The highest BCUT2D eigenvalue weighted by molar-refractivity contribution is 7.17. The minimum atomic E-state index is -0.549. The van der Waals surface area contributed by atoms with Gasteiger partial charge in [-0.15, -0.1) is 5.10 Å². The minimum Gasteiger partial charge on any atom is -0.403 e. The van der Waals surface area contributed by atoms with Gasteiger partial charge in [-0.2, -0.15) is 0 Å². The van der Waals surface area contributed by atoms with Crippen molar-refractivity contribution >= 4 is 28.3 Å². The highest BCUT2D eigenvalue weighted by atomic mass is 32.1. The monoisotopic (exact) mass is 344 g/mol. The first-order chi connectivity index (χ1) is 11.4. The molecule has 1 N–H and O–H groups in total. The van der Waals surface area contributed by atoms with Crippen LogP contribution in [-0.2, 0) is 0 Å². The van der Waals surface area contributed by atoms with Gasteiger partial charge in [0, 0.05) is 11.6 Å². The molecule has 0 fully saturated rings. The molecule has 0 aliphatic carbocycles. The van der Waals surface area contributed by atoms with E-state index in [1.807, 2.05) is 32.0 Å². The number of hydrogen-bond donors (Lipinski definition) is 1. The predicted octanol–water partition coefficient (Wildman–Crippen LogP) is 3.58. The molecule has 0 aliphatic heterocycles. The molecular formula is C15H12N4O4S. The molecular weight excluding hydrogens is 332 g/mol. The Morgan fingerprint density at radius 2 is 2.04 bits per heavy atom. The lowest BCUT2D eigenvalue weighted by Gasteiger charge is -2.02. The first-order valence-corrected chi connectivity index (χ1v) is 7.72. The van der Waals surface area contributed by atoms with Gasteiger partial charge in [-0.05, 0) is 31.5 Å². The average Bonchev–Trinajstić information content (AvgIpc) is 3.19. The van der Waals surface area contributed by atoms with Crippen LogP contribution < -0.4 is 5.32 Å². The van der Waals surface area contributed by atoms with Crippen molar-refractivity contribution in [2.75, 3.05) is 5.32 Å². The quantitative estimate of drug-likeness (QED) is 0.572. The number of benzene rings is 1. The third-order valence-corrected chi connectivity index (χ3v) is 4.30. The number of aryl methyl sites for hydroxylation is 2. The fraction of sp³-hybridized carbons (Fsp3) is 0.133. The minimum absolute atomic E-state index is 0.0630. The van der Waals surface area contributed by atoms with E-state index in [-0.39, 0.29) is 15.9 Å². The maximum absolute atomic E-state index is 12.1. The first-order valence-electron chi connectivity index (χ1n) is 6.91. The van der Waals surface area contributed by atoms with Crippen LogP contribution in [0, 0.1) is 24.0 Å². The molecule has 0 atom stereocenters. The molecule has 24 heavy (non-hydrogen) atoms. The first kappa shape index (κ1) is 15.8. The lowest BCUT2D eigenvalue weighted by molar-refractivity contribution is -0.380. The summed E-state index contributed by atoms with van der Waals surface area (Å²) in [5.74, 6) is -0.243. The van der Waals surface area contributed by atoms with E-state index in [1.165, 1.54) is 12.1 Å². The molecule has 1 amide bonds. The van der Waals surface area contributed by atoms with Crippen LogP contribution in [0.3, 0.4) is 0 Å². The number of thiophene rings is 1. The van der Waals surface area contributed by atoms with Crippen LogP contribution in [0.15, 0.2) is 34.7 Å². The number of hydrogen-bond acceptors (Lipinski definition) is 7. The second-order valence-electron chi connectivity index (χ2n) is 5.08. The fourth-order valence-electron chi connectivity index (χ4n) is 2.06. The number of nitro groups is 1. The van der Waals surface area contributed by atoms with Gasteiger partial charge in [0.15, 0.2) is 0 Å². The molecule has 2 heterocycles. The number of anilines is 1. The molecule has 0 spiro atoms.